The fourth-order valence-corrected chi connectivity index (χ4v) is 3.46. The van der Waals surface area contributed by atoms with E-state index in [1.807, 2.05) is 27.7 Å². The molecule has 0 aliphatic carbocycles. The molecule has 1 fully saturated rings. The van der Waals surface area contributed by atoms with Crippen LogP contribution >= 0.6 is 11.3 Å². The maximum absolute atomic E-state index is 11.4. The van der Waals surface area contributed by atoms with E-state index in [0.717, 1.165) is 5.46 Å². The number of hydrogen-bond donors (Lipinski definition) is 0. The lowest BCUT2D eigenvalue weighted by molar-refractivity contribution is 0.00578. The SMILES string of the molecule is CC1(C)OB(c2csc(S(C)(=O)=O)c2)OC1(C)C. The molecule has 7 heteroatoms. The summed E-state index contributed by atoms with van der Waals surface area (Å²) in [5.41, 5.74) is -0.0607. The molecule has 0 bridgehead atoms. The van der Waals surface area contributed by atoms with Crippen LogP contribution in [0.2, 0.25) is 0 Å². The zero-order valence-electron chi connectivity index (χ0n) is 11.2. The predicted octanol–water partition coefficient (Wildman–Crippen LogP) is 1.45. The largest absolute Gasteiger partial charge is 0.495 e. The normalized spacial score (nSPS) is 22.4. The highest BCUT2D eigenvalue weighted by Crippen LogP contribution is 2.36. The van der Waals surface area contributed by atoms with Crippen LogP contribution in [0.25, 0.3) is 0 Å². The summed E-state index contributed by atoms with van der Waals surface area (Å²) in [5, 5.41) is 1.78. The highest BCUT2D eigenvalue weighted by molar-refractivity contribution is 7.92. The predicted molar refractivity (Wildman–Crippen MR) is 73.1 cm³/mol. The molecule has 1 aliphatic rings. The summed E-state index contributed by atoms with van der Waals surface area (Å²) in [7, 11) is -3.66. The molecular formula is C11H17BO4S2. The Morgan fingerprint density at radius 2 is 1.67 bits per heavy atom. The summed E-state index contributed by atoms with van der Waals surface area (Å²) in [6.07, 6.45) is 1.20. The van der Waals surface area contributed by atoms with Crippen LogP contribution in [0.4, 0.5) is 0 Å². The van der Waals surface area contributed by atoms with E-state index in [-0.39, 0.29) is 0 Å². The second-order valence-electron chi connectivity index (χ2n) is 5.56. The second-order valence-corrected chi connectivity index (χ2v) is 8.71. The molecule has 0 radical (unpaired) electrons. The Labute approximate surface area is 112 Å². The van der Waals surface area contributed by atoms with E-state index in [2.05, 4.69) is 0 Å². The first kappa shape index (κ1) is 14.1. The summed E-state index contributed by atoms with van der Waals surface area (Å²) in [4.78, 5) is 0. The zero-order valence-corrected chi connectivity index (χ0v) is 12.8. The molecule has 1 saturated heterocycles. The molecule has 18 heavy (non-hydrogen) atoms. The van der Waals surface area contributed by atoms with Crippen molar-refractivity contribution in [3.05, 3.63) is 11.4 Å². The molecule has 0 saturated carbocycles. The first-order valence-corrected chi connectivity index (χ1v) is 8.44. The fourth-order valence-electron chi connectivity index (χ4n) is 1.63. The van der Waals surface area contributed by atoms with Crippen molar-refractivity contribution < 1.29 is 17.7 Å². The number of rotatable bonds is 2. The number of sulfone groups is 1. The summed E-state index contributed by atoms with van der Waals surface area (Å²) in [6.45, 7) is 7.88. The van der Waals surface area contributed by atoms with Crippen molar-refractivity contribution >= 4 is 33.8 Å². The van der Waals surface area contributed by atoms with Crippen LogP contribution in [0.15, 0.2) is 15.7 Å². The van der Waals surface area contributed by atoms with Crippen LogP contribution in [0, 0.1) is 0 Å². The van der Waals surface area contributed by atoms with Crippen molar-refractivity contribution in [2.75, 3.05) is 6.26 Å². The Morgan fingerprint density at radius 3 is 2.06 bits per heavy atom. The van der Waals surface area contributed by atoms with Crippen LogP contribution in [-0.2, 0) is 19.1 Å². The molecule has 1 aromatic rings. The van der Waals surface area contributed by atoms with Crippen molar-refractivity contribution in [1.29, 1.82) is 0 Å². The lowest BCUT2D eigenvalue weighted by Crippen LogP contribution is -2.41. The van der Waals surface area contributed by atoms with Gasteiger partial charge in [-0.25, -0.2) is 8.42 Å². The van der Waals surface area contributed by atoms with Crippen LogP contribution < -0.4 is 5.46 Å². The van der Waals surface area contributed by atoms with E-state index in [4.69, 9.17) is 9.31 Å². The minimum Gasteiger partial charge on any atom is -0.399 e. The first-order valence-electron chi connectivity index (χ1n) is 5.67. The van der Waals surface area contributed by atoms with Crippen molar-refractivity contribution in [2.45, 2.75) is 43.1 Å². The van der Waals surface area contributed by atoms with Gasteiger partial charge < -0.3 is 9.31 Å². The smallest absolute Gasteiger partial charge is 0.399 e. The van der Waals surface area contributed by atoms with Crippen molar-refractivity contribution in [3.8, 4) is 0 Å². The molecule has 0 unspecified atom stereocenters. The molecule has 0 amide bonds. The monoisotopic (exact) mass is 288 g/mol. The van der Waals surface area contributed by atoms with Crippen LogP contribution in [0.5, 0.6) is 0 Å². The highest BCUT2D eigenvalue weighted by atomic mass is 32.2. The van der Waals surface area contributed by atoms with E-state index in [9.17, 15) is 8.42 Å². The Hall–Kier alpha value is -0.365. The minimum absolute atomic E-state index is 0.340. The third-order valence-electron chi connectivity index (χ3n) is 3.49. The summed E-state index contributed by atoms with van der Waals surface area (Å²) in [6, 6.07) is 1.63. The molecule has 4 nitrogen and oxygen atoms in total. The zero-order chi connectivity index (χ0) is 13.8. The topological polar surface area (TPSA) is 52.6 Å². The fraction of sp³-hybridized carbons (Fsp3) is 0.636. The summed E-state index contributed by atoms with van der Waals surface area (Å²) in [5.74, 6) is 0. The van der Waals surface area contributed by atoms with Gasteiger partial charge >= 0.3 is 7.12 Å². The quantitative estimate of drug-likeness (QED) is 0.773. The van der Waals surface area contributed by atoms with E-state index >= 15 is 0 Å². The maximum Gasteiger partial charge on any atom is 0.495 e. The third kappa shape index (κ3) is 2.36. The molecule has 0 aromatic carbocycles. The van der Waals surface area contributed by atoms with E-state index in [1.54, 1.807) is 11.4 Å². The molecule has 0 N–H and O–H groups in total. The molecule has 0 atom stereocenters. The Bertz CT molecular complexity index is 543. The van der Waals surface area contributed by atoms with Crippen LogP contribution in [0.3, 0.4) is 0 Å². The number of thiophene rings is 1. The number of hydrogen-bond acceptors (Lipinski definition) is 5. The molecule has 1 aromatic heterocycles. The molecular weight excluding hydrogens is 271 g/mol. The van der Waals surface area contributed by atoms with E-state index < -0.39 is 28.2 Å². The molecule has 100 valence electrons. The van der Waals surface area contributed by atoms with Crippen molar-refractivity contribution in [2.24, 2.45) is 0 Å². The summed E-state index contributed by atoms with van der Waals surface area (Å²) < 4.78 is 35.0. The van der Waals surface area contributed by atoms with Gasteiger partial charge in [0.2, 0.25) is 0 Å². The van der Waals surface area contributed by atoms with Gasteiger partial charge in [0.1, 0.15) is 4.21 Å². The minimum atomic E-state index is -3.16. The van der Waals surface area contributed by atoms with E-state index in [0.29, 0.717) is 4.21 Å². The first-order chi connectivity index (χ1) is 8.03. The van der Waals surface area contributed by atoms with E-state index in [1.165, 1.54) is 17.6 Å². The lowest BCUT2D eigenvalue weighted by atomic mass is 9.81. The van der Waals surface area contributed by atoms with Gasteiger partial charge in [-0.3, -0.25) is 0 Å². The van der Waals surface area contributed by atoms with Gasteiger partial charge in [0.25, 0.3) is 0 Å². The van der Waals surface area contributed by atoms with Gasteiger partial charge in [-0.15, -0.1) is 11.3 Å². The Morgan fingerprint density at radius 1 is 1.17 bits per heavy atom. The summed E-state index contributed by atoms with van der Waals surface area (Å²) >= 11 is 1.20. The van der Waals surface area contributed by atoms with Gasteiger partial charge in [-0.1, -0.05) is 0 Å². The molecule has 2 heterocycles. The van der Waals surface area contributed by atoms with Gasteiger partial charge in [-0.05, 0) is 44.6 Å². The molecule has 1 aliphatic heterocycles. The van der Waals surface area contributed by atoms with Gasteiger partial charge in [-0.2, -0.15) is 0 Å². The van der Waals surface area contributed by atoms with Crippen LogP contribution in [-0.4, -0.2) is 33.0 Å². The second kappa shape index (κ2) is 4.06. The van der Waals surface area contributed by atoms with Gasteiger partial charge in [0, 0.05) is 6.26 Å². The standard InChI is InChI=1S/C11H17BO4S2/c1-10(2)11(3,4)16-12(15-10)8-6-9(17-7-8)18(5,13)14/h6-7H,1-5H3. The third-order valence-corrected chi connectivity index (χ3v) is 6.27. The molecule has 2 rings (SSSR count). The van der Waals surface area contributed by atoms with Crippen molar-refractivity contribution in [3.63, 3.8) is 0 Å². The Kier molecular flexibility index (Phi) is 3.17. The highest BCUT2D eigenvalue weighted by Gasteiger charge is 2.52. The average molecular weight is 288 g/mol. The maximum atomic E-state index is 11.4. The lowest BCUT2D eigenvalue weighted by Gasteiger charge is -2.32. The Balaban J connectivity index is 2.28. The van der Waals surface area contributed by atoms with Gasteiger partial charge in [0.15, 0.2) is 9.84 Å². The van der Waals surface area contributed by atoms with Crippen molar-refractivity contribution in [1.82, 2.24) is 0 Å². The molecule has 0 spiro atoms. The van der Waals surface area contributed by atoms with Gasteiger partial charge in [0.05, 0.1) is 11.2 Å². The average Bonchev–Trinajstić information content (AvgIpc) is 2.69. The van der Waals surface area contributed by atoms with Crippen LogP contribution in [0.1, 0.15) is 27.7 Å².